The second-order valence-electron chi connectivity index (χ2n) is 5.95. The highest BCUT2D eigenvalue weighted by Gasteiger charge is 2.18. The topological polar surface area (TPSA) is 41.1 Å². The maximum atomic E-state index is 12.4. The highest BCUT2D eigenvalue weighted by molar-refractivity contribution is 7.10. The van der Waals surface area contributed by atoms with E-state index >= 15 is 0 Å². The summed E-state index contributed by atoms with van der Waals surface area (Å²) in [5, 5.41) is 8.50. The van der Waals surface area contributed by atoms with E-state index in [1.165, 1.54) is 10.4 Å². The summed E-state index contributed by atoms with van der Waals surface area (Å²) < 4.78 is 0. The first-order valence-electron chi connectivity index (χ1n) is 8.20. The Morgan fingerprint density at radius 1 is 1.09 bits per heavy atom. The lowest BCUT2D eigenvalue weighted by Crippen LogP contribution is -2.43. The quantitative estimate of drug-likeness (QED) is 0.798. The molecule has 2 aromatic rings. The van der Waals surface area contributed by atoms with Gasteiger partial charge in [0.15, 0.2) is 0 Å². The van der Waals surface area contributed by atoms with Crippen LogP contribution >= 0.6 is 11.3 Å². The van der Waals surface area contributed by atoms with Crippen molar-refractivity contribution in [2.24, 2.45) is 0 Å². The van der Waals surface area contributed by atoms with Crippen LogP contribution in [0.5, 0.6) is 0 Å². The van der Waals surface area contributed by atoms with E-state index in [0.717, 1.165) is 12.0 Å². The highest BCUT2D eigenvalue weighted by Crippen LogP contribution is 2.19. The molecule has 0 saturated heterocycles. The van der Waals surface area contributed by atoms with Crippen molar-refractivity contribution in [2.45, 2.75) is 52.2 Å². The van der Waals surface area contributed by atoms with Crippen molar-refractivity contribution in [3.63, 3.8) is 0 Å². The standard InChI is InChI=1S/C19H26N2OS/c1-5-16-8-10-17(11-9-16)13(2)21-19(22)15(4)20-14(3)18-7-6-12-23-18/h6-15,20H,5H2,1-4H3,(H,21,22). The lowest BCUT2D eigenvalue weighted by molar-refractivity contribution is -0.123. The van der Waals surface area contributed by atoms with E-state index in [1.54, 1.807) is 11.3 Å². The zero-order chi connectivity index (χ0) is 16.8. The first kappa shape index (κ1) is 17.7. The van der Waals surface area contributed by atoms with Gasteiger partial charge in [-0.05, 0) is 49.8 Å². The van der Waals surface area contributed by atoms with E-state index in [2.05, 4.69) is 60.2 Å². The van der Waals surface area contributed by atoms with Gasteiger partial charge in [-0.2, -0.15) is 0 Å². The molecular weight excluding hydrogens is 304 g/mol. The molecular formula is C19H26N2OS. The summed E-state index contributed by atoms with van der Waals surface area (Å²) in [4.78, 5) is 13.6. The Morgan fingerprint density at radius 2 is 1.78 bits per heavy atom. The molecule has 1 aromatic heterocycles. The Hall–Kier alpha value is -1.65. The minimum Gasteiger partial charge on any atom is -0.348 e. The number of hydrogen-bond acceptors (Lipinski definition) is 3. The lowest BCUT2D eigenvalue weighted by Gasteiger charge is -2.21. The number of hydrogen-bond donors (Lipinski definition) is 2. The molecule has 0 saturated carbocycles. The van der Waals surface area contributed by atoms with Gasteiger partial charge >= 0.3 is 0 Å². The average Bonchev–Trinajstić information content (AvgIpc) is 3.09. The van der Waals surface area contributed by atoms with Gasteiger partial charge in [-0.15, -0.1) is 11.3 Å². The Kier molecular flexibility index (Phi) is 6.37. The molecule has 0 aliphatic rings. The third-order valence-electron chi connectivity index (χ3n) is 4.11. The number of carbonyl (C=O) groups excluding carboxylic acids is 1. The number of nitrogens with one attached hydrogen (secondary N) is 2. The fourth-order valence-electron chi connectivity index (χ4n) is 2.53. The molecule has 0 spiro atoms. The summed E-state index contributed by atoms with van der Waals surface area (Å²) in [6.45, 7) is 8.16. The number of benzene rings is 1. The van der Waals surface area contributed by atoms with Gasteiger partial charge in [-0.1, -0.05) is 37.3 Å². The van der Waals surface area contributed by atoms with E-state index in [-0.39, 0.29) is 24.0 Å². The molecule has 0 fully saturated rings. The number of aryl methyl sites for hydroxylation is 1. The van der Waals surface area contributed by atoms with E-state index in [9.17, 15) is 4.79 Å². The molecule has 1 amide bonds. The van der Waals surface area contributed by atoms with Crippen LogP contribution in [0.2, 0.25) is 0 Å². The van der Waals surface area contributed by atoms with E-state index in [1.807, 2.05) is 19.9 Å². The van der Waals surface area contributed by atoms with Crippen molar-refractivity contribution < 1.29 is 4.79 Å². The van der Waals surface area contributed by atoms with Crippen molar-refractivity contribution >= 4 is 17.2 Å². The van der Waals surface area contributed by atoms with E-state index < -0.39 is 0 Å². The first-order valence-corrected chi connectivity index (χ1v) is 9.08. The lowest BCUT2D eigenvalue weighted by atomic mass is 10.0. The molecule has 0 bridgehead atoms. The normalized spacial score (nSPS) is 15.0. The molecule has 1 aromatic carbocycles. The molecule has 2 N–H and O–H groups in total. The average molecular weight is 330 g/mol. The summed E-state index contributed by atoms with van der Waals surface area (Å²) in [5.74, 6) is 0.0282. The van der Waals surface area contributed by atoms with Crippen molar-refractivity contribution in [1.82, 2.24) is 10.6 Å². The van der Waals surface area contributed by atoms with Gasteiger partial charge in [-0.3, -0.25) is 10.1 Å². The molecule has 124 valence electrons. The van der Waals surface area contributed by atoms with Crippen molar-refractivity contribution in [3.05, 3.63) is 57.8 Å². The summed E-state index contributed by atoms with van der Waals surface area (Å²) in [6.07, 6.45) is 1.03. The van der Waals surface area contributed by atoms with Gasteiger partial charge in [0.05, 0.1) is 12.1 Å². The molecule has 4 heteroatoms. The number of amides is 1. The molecule has 3 atom stereocenters. The predicted molar refractivity (Wildman–Crippen MR) is 97.7 cm³/mol. The van der Waals surface area contributed by atoms with Crippen LogP contribution in [-0.4, -0.2) is 11.9 Å². The van der Waals surface area contributed by atoms with Crippen LogP contribution in [0.4, 0.5) is 0 Å². The second-order valence-corrected chi connectivity index (χ2v) is 6.93. The summed E-state index contributed by atoms with van der Waals surface area (Å²) >= 11 is 1.70. The van der Waals surface area contributed by atoms with Crippen LogP contribution in [0, 0.1) is 0 Å². The van der Waals surface area contributed by atoms with Gasteiger partial charge in [-0.25, -0.2) is 0 Å². The molecule has 23 heavy (non-hydrogen) atoms. The zero-order valence-electron chi connectivity index (χ0n) is 14.3. The summed E-state index contributed by atoms with van der Waals surface area (Å²) in [7, 11) is 0. The molecule has 2 rings (SSSR count). The molecule has 1 heterocycles. The van der Waals surface area contributed by atoms with Gasteiger partial charge in [0.1, 0.15) is 0 Å². The smallest absolute Gasteiger partial charge is 0.237 e. The van der Waals surface area contributed by atoms with E-state index in [0.29, 0.717) is 0 Å². The largest absolute Gasteiger partial charge is 0.348 e. The summed E-state index contributed by atoms with van der Waals surface area (Å²) in [6, 6.07) is 12.5. The van der Waals surface area contributed by atoms with Gasteiger partial charge < -0.3 is 5.32 Å². The van der Waals surface area contributed by atoms with Crippen LogP contribution in [0.25, 0.3) is 0 Å². The van der Waals surface area contributed by atoms with Gasteiger partial charge in [0.2, 0.25) is 5.91 Å². The molecule has 3 nitrogen and oxygen atoms in total. The predicted octanol–water partition coefficient (Wildman–Crippen LogP) is 4.23. The number of thiophene rings is 1. The van der Waals surface area contributed by atoms with Crippen molar-refractivity contribution in [2.75, 3.05) is 0 Å². The Morgan fingerprint density at radius 3 is 2.35 bits per heavy atom. The van der Waals surface area contributed by atoms with E-state index in [4.69, 9.17) is 0 Å². The van der Waals surface area contributed by atoms with Gasteiger partial charge in [0, 0.05) is 10.9 Å². The fourth-order valence-corrected chi connectivity index (χ4v) is 3.28. The molecule has 0 aliphatic heterocycles. The monoisotopic (exact) mass is 330 g/mol. The molecule has 3 unspecified atom stereocenters. The zero-order valence-corrected chi connectivity index (χ0v) is 15.1. The molecule has 0 aliphatic carbocycles. The number of carbonyl (C=O) groups is 1. The number of rotatable bonds is 7. The Labute approximate surface area is 143 Å². The van der Waals surface area contributed by atoms with Crippen LogP contribution < -0.4 is 10.6 Å². The second kappa shape index (κ2) is 8.27. The Bertz CT molecular complexity index is 607. The van der Waals surface area contributed by atoms with Crippen LogP contribution in [0.15, 0.2) is 41.8 Å². The van der Waals surface area contributed by atoms with Crippen molar-refractivity contribution in [1.29, 1.82) is 0 Å². The van der Waals surface area contributed by atoms with Crippen molar-refractivity contribution in [3.8, 4) is 0 Å². The first-order chi connectivity index (χ1) is 11.0. The summed E-state index contributed by atoms with van der Waals surface area (Å²) in [5.41, 5.74) is 2.45. The van der Waals surface area contributed by atoms with Gasteiger partial charge in [0.25, 0.3) is 0 Å². The molecule has 0 radical (unpaired) electrons. The third-order valence-corrected chi connectivity index (χ3v) is 5.16. The maximum absolute atomic E-state index is 12.4. The highest BCUT2D eigenvalue weighted by atomic mass is 32.1. The maximum Gasteiger partial charge on any atom is 0.237 e. The minimum absolute atomic E-state index is 0.00898. The SMILES string of the molecule is CCc1ccc(C(C)NC(=O)C(C)NC(C)c2cccs2)cc1. The van der Waals surface area contributed by atoms with Crippen LogP contribution in [0.1, 0.15) is 55.8 Å². The fraction of sp³-hybridized carbons (Fsp3) is 0.421. The minimum atomic E-state index is -0.232. The third kappa shape index (κ3) is 4.91. The van der Waals surface area contributed by atoms with Crippen LogP contribution in [-0.2, 0) is 11.2 Å². The van der Waals surface area contributed by atoms with Crippen LogP contribution in [0.3, 0.4) is 0 Å². The Balaban J connectivity index is 1.89.